The highest BCUT2D eigenvalue weighted by Gasteiger charge is 2.15. The van der Waals surface area contributed by atoms with Crippen LogP contribution >= 0.6 is 11.8 Å². The van der Waals surface area contributed by atoms with E-state index in [1.165, 1.54) is 18.9 Å². The maximum absolute atomic E-state index is 11.2. The summed E-state index contributed by atoms with van der Waals surface area (Å²) in [7, 11) is 3.22. The standard InChI is InChI=1S/C14H17N3O3S/c1-4-20-11-8-6-5-7-10(11)13-15-16-14(17(13)2)21-9-12(18)19-3/h5-8H,4,9H2,1-3H3. The highest BCUT2D eigenvalue weighted by molar-refractivity contribution is 7.99. The molecule has 1 aromatic heterocycles. The fraction of sp³-hybridized carbons (Fsp3) is 0.357. The Morgan fingerprint density at radius 3 is 2.81 bits per heavy atom. The molecule has 0 spiro atoms. The van der Waals surface area contributed by atoms with Crippen molar-refractivity contribution in [1.29, 1.82) is 0 Å². The molecule has 2 aromatic rings. The third-order valence-corrected chi connectivity index (χ3v) is 3.80. The molecule has 21 heavy (non-hydrogen) atoms. The van der Waals surface area contributed by atoms with E-state index in [4.69, 9.17) is 4.74 Å². The molecular formula is C14H17N3O3S. The average molecular weight is 307 g/mol. The van der Waals surface area contributed by atoms with E-state index in [0.29, 0.717) is 17.6 Å². The van der Waals surface area contributed by atoms with Crippen LogP contribution < -0.4 is 4.74 Å². The second-order valence-corrected chi connectivity index (χ2v) is 5.10. The first kappa shape index (κ1) is 15.4. The minimum Gasteiger partial charge on any atom is -0.493 e. The van der Waals surface area contributed by atoms with Crippen LogP contribution in [0.15, 0.2) is 29.4 Å². The molecule has 0 radical (unpaired) electrons. The molecule has 0 aliphatic heterocycles. The number of aromatic nitrogens is 3. The van der Waals surface area contributed by atoms with E-state index in [1.807, 2.05) is 42.8 Å². The largest absolute Gasteiger partial charge is 0.493 e. The topological polar surface area (TPSA) is 66.2 Å². The van der Waals surface area contributed by atoms with Gasteiger partial charge in [-0.1, -0.05) is 23.9 Å². The zero-order valence-electron chi connectivity index (χ0n) is 12.2. The van der Waals surface area contributed by atoms with Crippen LogP contribution in [0.3, 0.4) is 0 Å². The molecule has 1 heterocycles. The molecule has 0 saturated carbocycles. The number of hydrogen-bond acceptors (Lipinski definition) is 6. The van der Waals surface area contributed by atoms with Gasteiger partial charge in [-0.15, -0.1) is 10.2 Å². The van der Waals surface area contributed by atoms with E-state index < -0.39 is 0 Å². The van der Waals surface area contributed by atoms with Crippen LogP contribution in [0.5, 0.6) is 5.75 Å². The van der Waals surface area contributed by atoms with E-state index in [1.54, 1.807) is 0 Å². The lowest BCUT2D eigenvalue weighted by Crippen LogP contribution is -2.04. The summed E-state index contributed by atoms with van der Waals surface area (Å²) in [6, 6.07) is 7.67. The highest BCUT2D eigenvalue weighted by Crippen LogP contribution is 2.30. The molecule has 2 rings (SSSR count). The number of nitrogens with zero attached hydrogens (tertiary/aromatic N) is 3. The second-order valence-electron chi connectivity index (χ2n) is 4.16. The van der Waals surface area contributed by atoms with Crippen LogP contribution in [-0.4, -0.2) is 40.2 Å². The van der Waals surface area contributed by atoms with Crippen LogP contribution in [-0.2, 0) is 16.6 Å². The minimum absolute atomic E-state index is 0.204. The van der Waals surface area contributed by atoms with Gasteiger partial charge in [0.05, 0.1) is 25.0 Å². The Morgan fingerprint density at radius 1 is 1.33 bits per heavy atom. The Balaban J connectivity index is 2.26. The number of hydrogen-bond donors (Lipinski definition) is 0. The molecule has 0 bridgehead atoms. The van der Waals surface area contributed by atoms with E-state index in [-0.39, 0.29) is 11.7 Å². The van der Waals surface area contributed by atoms with Gasteiger partial charge in [-0.05, 0) is 19.1 Å². The Hall–Kier alpha value is -2.02. The van der Waals surface area contributed by atoms with Crippen LogP contribution in [0.1, 0.15) is 6.92 Å². The van der Waals surface area contributed by atoms with Gasteiger partial charge in [-0.25, -0.2) is 0 Å². The smallest absolute Gasteiger partial charge is 0.316 e. The molecule has 0 amide bonds. The van der Waals surface area contributed by atoms with E-state index in [9.17, 15) is 4.79 Å². The van der Waals surface area contributed by atoms with Gasteiger partial charge in [-0.2, -0.15) is 0 Å². The van der Waals surface area contributed by atoms with Crippen molar-refractivity contribution in [3.05, 3.63) is 24.3 Å². The molecular weight excluding hydrogens is 290 g/mol. The number of para-hydroxylation sites is 1. The lowest BCUT2D eigenvalue weighted by atomic mass is 10.2. The SMILES string of the molecule is CCOc1ccccc1-c1nnc(SCC(=O)OC)n1C. The summed E-state index contributed by atoms with van der Waals surface area (Å²) in [5, 5.41) is 8.96. The molecule has 0 N–H and O–H groups in total. The van der Waals surface area contributed by atoms with E-state index in [0.717, 1.165) is 11.3 Å². The number of benzene rings is 1. The van der Waals surface area contributed by atoms with Crippen LogP contribution in [0, 0.1) is 0 Å². The molecule has 0 atom stereocenters. The fourth-order valence-electron chi connectivity index (χ4n) is 1.79. The number of esters is 1. The van der Waals surface area contributed by atoms with Gasteiger partial charge in [0.25, 0.3) is 0 Å². The Kier molecular flexibility index (Phi) is 5.21. The number of ether oxygens (including phenoxy) is 2. The highest BCUT2D eigenvalue weighted by atomic mass is 32.2. The van der Waals surface area contributed by atoms with Gasteiger partial charge < -0.3 is 14.0 Å². The average Bonchev–Trinajstić information content (AvgIpc) is 2.86. The van der Waals surface area contributed by atoms with Crippen molar-refractivity contribution in [3.63, 3.8) is 0 Å². The molecule has 7 heteroatoms. The van der Waals surface area contributed by atoms with Gasteiger partial charge in [-0.3, -0.25) is 4.79 Å². The Labute approximate surface area is 127 Å². The van der Waals surface area contributed by atoms with Crippen LogP contribution in [0.25, 0.3) is 11.4 Å². The van der Waals surface area contributed by atoms with E-state index >= 15 is 0 Å². The summed E-state index contributed by atoms with van der Waals surface area (Å²) in [6.07, 6.45) is 0. The zero-order chi connectivity index (χ0) is 15.2. The molecule has 0 unspecified atom stereocenters. The molecule has 6 nitrogen and oxygen atoms in total. The number of thioether (sulfide) groups is 1. The number of carbonyl (C=O) groups excluding carboxylic acids is 1. The van der Waals surface area contributed by atoms with Crippen LogP contribution in [0.4, 0.5) is 0 Å². The fourth-order valence-corrected chi connectivity index (χ4v) is 2.53. The molecule has 1 aromatic carbocycles. The van der Waals surface area contributed by atoms with Gasteiger partial charge in [0.15, 0.2) is 11.0 Å². The lowest BCUT2D eigenvalue weighted by molar-refractivity contribution is -0.137. The predicted octanol–water partition coefficient (Wildman–Crippen LogP) is 2.15. The van der Waals surface area contributed by atoms with Gasteiger partial charge >= 0.3 is 5.97 Å². The monoisotopic (exact) mass is 307 g/mol. The number of carbonyl (C=O) groups is 1. The van der Waals surface area contributed by atoms with Crippen molar-refractivity contribution in [2.45, 2.75) is 12.1 Å². The summed E-state index contributed by atoms with van der Waals surface area (Å²) in [6.45, 7) is 2.52. The third kappa shape index (κ3) is 3.55. The summed E-state index contributed by atoms with van der Waals surface area (Å²) >= 11 is 1.29. The van der Waals surface area contributed by atoms with Gasteiger partial charge in [0.2, 0.25) is 0 Å². The Morgan fingerprint density at radius 2 is 2.10 bits per heavy atom. The normalized spacial score (nSPS) is 10.4. The third-order valence-electron chi connectivity index (χ3n) is 2.81. The minimum atomic E-state index is -0.292. The van der Waals surface area contributed by atoms with Crippen molar-refractivity contribution in [2.24, 2.45) is 7.05 Å². The summed E-state index contributed by atoms with van der Waals surface area (Å²) in [5.74, 6) is 1.38. The molecule has 0 saturated heterocycles. The zero-order valence-corrected chi connectivity index (χ0v) is 13.0. The van der Waals surface area contributed by atoms with Gasteiger partial charge in [0, 0.05) is 7.05 Å². The molecule has 0 aliphatic rings. The van der Waals surface area contributed by atoms with Gasteiger partial charge in [0.1, 0.15) is 5.75 Å². The maximum Gasteiger partial charge on any atom is 0.316 e. The number of rotatable bonds is 6. The summed E-state index contributed by atoms with van der Waals surface area (Å²) < 4.78 is 12.1. The molecule has 112 valence electrons. The van der Waals surface area contributed by atoms with E-state index in [2.05, 4.69) is 14.9 Å². The Bertz CT molecular complexity index is 628. The first-order valence-electron chi connectivity index (χ1n) is 6.48. The summed E-state index contributed by atoms with van der Waals surface area (Å²) in [5.41, 5.74) is 0.874. The first-order valence-corrected chi connectivity index (χ1v) is 7.47. The molecule has 0 aliphatic carbocycles. The quantitative estimate of drug-likeness (QED) is 0.602. The molecule has 0 fully saturated rings. The number of methoxy groups -OCH3 is 1. The van der Waals surface area contributed by atoms with Crippen LogP contribution in [0.2, 0.25) is 0 Å². The van der Waals surface area contributed by atoms with Crippen molar-refractivity contribution in [2.75, 3.05) is 19.5 Å². The first-order chi connectivity index (χ1) is 10.2. The van der Waals surface area contributed by atoms with Crippen molar-refractivity contribution in [1.82, 2.24) is 14.8 Å². The van der Waals surface area contributed by atoms with Crippen molar-refractivity contribution in [3.8, 4) is 17.1 Å². The lowest BCUT2D eigenvalue weighted by Gasteiger charge is -2.09. The summed E-state index contributed by atoms with van der Waals surface area (Å²) in [4.78, 5) is 11.2. The van der Waals surface area contributed by atoms with Crippen molar-refractivity contribution >= 4 is 17.7 Å². The second kappa shape index (κ2) is 7.12. The maximum atomic E-state index is 11.2. The predicted molar refractivity (Wildman–Crippen MR) is 80.3 cm³/mol. The van der Waals surface area contributed by atoms with Crippen molar-refractivity contribution < 1.29 is 14.3 Å².